The predicted octanol–water partition coefficient (Wildman–Crippen LogP) is 4.13. The zero-order valence-electron chi connectivity index (χ0n) is 10.7. The van der Waals surface area contributed by atoms with Gasteiger partial charge in [-0.15, -0.1) is 0 Å². The van der Waals surface area contributed by atoms with Gasteiger partial charge in [-0.3, -0.25) is 0 Å². The second-order valence-corrected chi connectivity index (χ2v) is 5.96. The van der Waals surface area contributed by atoms with E-state index >= 15 is 0 Å². The molecular formula is C16H17BrN2. The van der Waals surface area contributed by atoms with Crippen molar-refractivity contribution in [3.05, 3.63) is 57.6 Å². The molecule has 98 valence electrons. The van der Waals surface area contributed by atoms with Crippen LogP contribution < -0.4 is 11.1 Å². The molecule has 0 saturated heterocycles. The molecule has 0 heterocycles. The number of anilines is 2. The minimum absolute atomic E-state index is 0.774. The van der Waals surface area contributed by atoms with E-state index in [2.05, 4.69) is 39.4 Å². The van der Waals surface area contributed by atoms with E-state index in [-0.39, 0.29) is 0 Å². The van der Waals surface area contributed by atoms with E-state index in [1.807, 2.05) is 18.2 Å². The van der Waals surface area contributed by atoms with Crippen LogP contribution >= 0.6 is 15.9 Å². The predicted molar refractivity (Wildman–Crippen MR) is 84.3 cm³/mol. The molecule has 0 spiro atoms. The number of nitrogen functional groups attached to an aromatic ring is 1. The molecule has 2 aromatic carbocycles. The van der Waals surface area contributed by atoms with E-state index in [1.54, 1.807) is 0 Å². The van der Waals surface area contributed by atoms with Crippen molar-refractivity contribution in [3.8, 4) is 0 Å². The van der Waals surface area contributed by atoms with Crippen LogP contribution in [0.1, 0.15) is 23.1 Å². The number of hydrogen-bond acceptors (Lipinski definition) is 2. The second kappa shape index (κ2) is 5.25. The summed E-state index contributed by atoms with van der Waals surface area (Å²) in [7, 11) is 0. The summed E-state index contributed by atoms with van der Waals surface area (Å²) in [5.74, 6) is 0. The summed E-state index contributed by atoms with van der Waals surface area (Å²) in [6, 6.07) is 12.7. The number of nitrogens with one attached hydrogen (secondary N) is 1. The first-order valence-electron chi connectivity index (χ1n) is 6.62. The molecule has 0 fully saturated rings. The Labute approximate surface area is 122 Å². The number of halogens is 1. The zero-order valence-corrected chi connectivity index (χ0v) is 12.3. The summed E-state index contributed by atoms with van der Waals surface area (Å²) in [4.78, 5) is 0. The SMILES string of the molecule is Nc1cc(Br)ccc1NCc1ccc2c(c1)CCC2. The van der Waals surface area contributed by atoms with E-state index in [0.717, 1.165) is 22.4 Å². The smallest absolute Gasteiger partial charge is 0.0577 e. The lowest BCUT2D eigenvalue weighted by Crippen LogP contribution is -2.03. The fourth-order valence-electron chi connectivity index (χ4n) is 2.63. The van der Waals surface area contributed by atoms with Crippen molar-refractivity contribution < 1.29 is 0 Å². The third-order valence-corrected chi connectivity index (χ3v) is 4.15. The first-order chi connectivity index (χ1) is 9.22. The molecule has 0 amide bonds. The lowest BCUT2D eigenvalue weighted by atomic mass is 10.1. The maximum atomic E-state index is 5.98. The van der Waals surface area contributed by atoms with Crippen LogP contribution in [0.3, 0.4) is 0 Å². The minimum Gasteiger partial charge on any atom is -0.397 e. The average molecular weight is 317 g/mol. The van der Waals surface area contributed by atoms with Crippen molar-refractivity contribution >= 4 is 27.3 Å². The van der Waals surface area contributed by atoms with Gasteiger partial charge in [0.1, 0.15) is 0 Å². The Kier molecular flexibility index (Phi) is 3.47. The number of hydrogen-bond donors (Lipinski definition) is 2. The number of fused-ring (bicyclic) bond motifs is 1. The number of benzene rings is 2. The van der Waals surface area contributed by atoms with Gasteiger partial charge >= 0.3 is 0 Å². The third kappa shape index (κ3) is 2.76. The van der Waals surface area contributed by atoms with Crippen LogP contribution in [0.25, 0.3) is 0 Å². The van der Waals surface area contributed by atoms with Crippen molar-refractivity contribution in [3.63, 3.8) is 0 Å². The van der Waals surface area contributed by atoms with Gasteiger partial charge in [0, 0.05) is 11.0 Å². The standard InChI is InChI=1S/C16H17BrN2/c17-14-6-7-16(15(18)9-14)19-10-11-4-5-12-2-1-3-13(12)8-11/h4-9,19H,1-3,10,18H2. The second-order valence-electron chi connectivity index (χ2n) is 5.04. The third-order valence-electron chi connectivity index (χ3n) is 3.66. The van der Waals surface area contributed by atoms with E-state index < -0.39 is 0 Å². The Morgan fingerprint density at radius 3 is 2.74 bits per heavy atom. The van der Waals surface area contributed by atoms with Crippen LogP contribution in [-0.2, 0) is 19.4 Å². The Balaban J connectivity index is 1.72. The molecule has 19 heavy (non-hydrogen) atoms. The lowest BCUT2D eigenvalue weighted by molar-refractivity contribution is 0.911. The van der Waals surface area contributed by atoms with Gasteiger partial charge in [-0.25, -0.2) is 0 Å². The zero-order chi connectivity index (χ0) is 13.2. The molecule has 3 heteroatoms. The van der Waals surface area contributed by atoms with Gasteiger partial charge in [0.15, 0.2) is 0 Å². The molecule has 0 bridgehead atoms. The fourth-order valence-corrected chi connectivity index (χ4v) is 3.01. The number of nitrogens with two attached hydrogens (primary N) is 1. The van der Waals surface area contributed by atoms with Gasteiger partial charge < -0.3 is 11.1 Å². The Morgan fingerprint density at radius 1 is 1.05 bits per heavy atom. The molecule has 0 saturated carbocycles. The monoisotopic (exact) mass is 316 g/mol. The van der Waals surface area contributed by atoms with E-state index in [1.165, 1.54) is 36.0 Å². The van der Waals surface area contributed by atoms with Gasteiger partial charge in [0.05, 0.1) is 11.4 Å². The molecule has 0 unspecified atom stereocenters. The minimum atomic E-state index is 0.774. The van der Waals surface area contributed by atoms with Crippen molar-refractivity contribution in [2.24, 2.45) is 0 Å². The highest BCUT2D eigenvalue weighted by Crippen LogP contribution is 2.25. The van der Waals surface area contributed by atoms with Crippen molar-refractivity contribution in [1.29, 1.82) is 0 Å². The summed E-state index contributed by atoms with van der Waals surface area (Å²) in [5, 5.41) is 3.40. The van der Waals surface area contributed by atoms with Crippen molar-refractivity contribution in [2.45, 2.75) is 25.8 Å². The Bertz CT molecular complexity index is 608. The maximum Gasteiger partial charge on any atom is 0.0577 e. The first kappa shape index (κ1) is 12.5. The van der Waals surface area contributed by atoms with E-state index in [0.29, 0.717) is 0 Å². The van der Waals surface area contributed by atoms with Crippen molar-refractivity contribution in [2.75, 3.05) is 11.1 Å². The molecule has 1 aliphatic rings. The quantitative estimate of drug-likeness (QED) is 0.835. The van der Waals surface area contributed by atoms with Gasteiger partial charge in [-0.05, 0) is 54.2 Å². The molecule has 3 rings (SSSR count). The molecule has 2 aromatic rings. The molecule has 0 atom stereocenters. The van der Waals surface area contributed by atoms with Crippen LogP contribution in [0.2, 0.25) is 0 Å². The van der Waals surface area contributed by atoms with Crippen LogP contribution in [0.4, 0.5) is 11.4 Å². The van der Waals surface area contributed by atoms with E-state index in [4.69, 9.17) is 5.73 Å². The largest absolute Gasteiger partial charge is 0.397 e. The first-order valence-corrected chi connectivity index (χ1v) is 7.41. The van der Waals surface area contributed by atoms with E-state index in [9.17, 15) is 0 Å². The molecule has 0 aliphatic heterocycles. The van der Waals surface area contributed by atoms with Crippen LogP contribution in [0.5, 0.6) is 0 Å². The van der Waals surface area contributed by atoms with Gasteiger partial charge in [0.25, 0.3) is 0 Å². The van der Waals surface area contributed by atoms with Gasteiger partial charge in [-0.1, -0.05) is 34.1 Å². The summed E-state index contributed by atoms with van der Waals surface area (Å²) in [6.07, 6.45) is 3.76. The highest BCUT2D eigenvalue weighted by atomic mass is 79.9. The summed E-state index contributed by atoms with van der Waals surface area (Å²) >= 11 is 3.42. The highest BCUT2D eigenvalue weighted by Gasteiger charge is 2.10. The van der Waals surface area contributed by atoms with Crippen molar-refractivity contribution in [1.82, 2.24) is 0 Å². The average Bonchev–Trinajstić information content (AvgIpc) is 2.85. The summed E-state index contributed by atoms with van der Waals surface area (Å²) in [5.41, 5.74) is 12.1. The summed E-state index contributed by atoms with van der Waals surface area (Å²) in [6.45, 7) is 0.819. The molecule has 1 aliphatic carbocycles. The maximum absolute atomic E-state index is 5.98. The van der Waals surface area contributed by atoms with Crippen LogP contribution in [0, 0.1) is 0 Å². The Morgan fingerprint density at radius 2 is 1.89 bits per heavy atom. The van der Waals surface area contributed by atoms with Gasteiger partial charge in [-0.2, -0.15) is 0 Å². The lowest BCUT2D eigenvalue weighted by Gasteiger charge is -2.11. The van der Waals surface area contributed by atoms with Crippen LogP contribution in [-0.4, -0.2) is 0 Å². The molecule has 0 aromatic heterocycles. The normalized spacial score (nSPS) is 13.3. The summed E-state index contributed by atoms with van der Waals surface area (Å²) < 4.78 is 1.01. The topological polar surface area (TPSA) is 38.0 Å². The number of rotatable bonds is 3. The molecule has 2 nitrogen and oxygen atoms in total. The number of aryl methyl sites for hydroxylation is 2. The molecule has 0 radical (unpaired) electrons. The Hall–Kier alpha value is -1.48. The highest BCUT2D eigenvalue weighted by molar-refractivity contribution is 9.10. The molecule has 3 N–H and O–H groups in total. The molecular weight excluding hydrogens is 300 g/mol. The van der Waals surface area contributed by atoms with Crippen LogP contribution in [0.15, 0.2) is 40.9 Å². The fraction of sp³-hybridized carbons (Fsp3) is 0.250. The van der Waals surface area contributed by atoms with Gasteiger partial charge in [0.2, 0.25) is 0 Å².